The normalized spacial score (nSPS) is 19.4. The van der Waals surface area contributed by atoms with Crippen molar-refractivity contribution in [3.63, 3.8) is 0 Å². The van der Waals surface area contributed by atoms with Gasteiger partial charge in [0.05, 0.1) is 6.26 Å². The lowest BCUT2D eigenvalue weighted by Crippen LogP contribution is -2.40. The largest absolute Gasteiger partial charge is 0.463 e. The van der Waals surface area contributed by atoms with Gasteiger partial charge in [0.15, 0.2) is 17.1 Å². The number of primary amides is 1. The summed E-state index contributed by atoms with van der Waals surface area (Å²) in [6.45, 7) is 0.533. The maximum absolute atomic E-state index is 13.0. The number of carbonyl (C=O) groups excluding carboxylic acids is 2. The predicted molar refractivity (Wildman–Crippen MR) is 96.9 cm³/mol. The van der Waals surface area contributed by atoms with Gasteiger partial charge in [-0.05, 0) is 43.5 Å². The summed E-state index contributed by atoms with van der Waals surface area (Å²) in [6.07, 6.45) is 5.81. The molecule has 0 radical (unpaired) electrons. The van der Waals surface area contributed by atoms with E-state index in [-0.39, 0.29) is 29.2 Å². The molecule has 0 spiro atoms. The van der Waals surface area contributed by atoms with Gasteiger partial charge in [-0.2, -0.15) is 0 Å². The first-order valence-corrected chi connectivity index (χ1v) is 8.81. The fourth-order valence-electron chi connectivity index (χ4n) is 3.62. The zero-order valence-corrected chi connectivity index (χ0v) is 14.6. The van der Waals surface area contributed by atoms with Crippen molar-refractivity contribution in [1.82, 2.24) is 19.7 Å². The van der Waals surface area contributed by atoms with Crippen LogP contribution in [0.15, 0.2) is 35.2 Å². The Balaban J connectivity index is 1.78. The van der Waals surface area contributed by atoms with Gasteiger partial charge in [-0.1, -0.05) is 6.42 Å². The first-order chi connectivity index (χ1) is 13.1. The zero-order valence-electron chi connectivity index (χ0n) is 14.6. The average Bonchev–Trinajstić information content (AvgIpc) is 3.40. The number of rotatable bonds is 5. The van der Waals surface area contributed by atoms with Gasteiger partial charge in [0.25, 0.3) is 11.8 Å². The van der Waals surface area contributed by atoms with Crippen LogP contribution in [0.3, 0.4) is 0 Å². The van der Waals surface area contributed by atoms with Crippen molar-refractivity contribution in [2.45, 2.75) is 25.3 Å². The van der Waals surface area contributed by atoms with E-state index in [1.807, 2.05) is 0 Å². The second kappa shape index (κ2) is 6.84. The number of imidazole rings is 1. The van der Waals surface area contributed by atoms with Gasteiger partial charge in [0.2, 0.25) is 0 Å². The average molecular weight is 368 g/mol. The van der Waals surface area contributed by atoms with E-state index in [4.69, 9.17) is 15.9 Å². The van der Waals surface area contributed by atoms with Crippen LogP contribution >= 0.6 is 0 Å². The molecule has 140 valence electrons. The van der Waals surface area contributed by atoms with Gasteiger partial charge in [-0.15, -0.1) is 0 Å². The number of amides is 2. The smallest absolute Gasteiger partial charge is 0.271 e. The van der Waals surface area contributed by atoms with Crippen LogP contribution in [-0.4, -0.2) is 38.8 Å². The van der Waals surface area contributed by atoms with Crippen LogP contribution in [0.2, 0.25) is 0 Å². The molecule has 4 rings (SSSR count). The quantitative estimate of drug-likeness (QED) is 0.612. The highest BCUT2D eigenvalue weighted by atomic mass is 16.3. The van der Waals surface area contributed by atoms with E-state index in [0.717, 1.165) is 19.3 Å². The number of nitrogens with zero attached hydrogens (tertiary/aromatic N) is 3. The standard InChI is InChI=1S/C18H20N6O3/c19-8-10-3-1-4-11(10)23-18(26)13-7-12(14-5-2-6-27-14)22-17-15(16(20)25)21-9-24(13)17/h2,5-7,9-11H,1,3-4,8,19H2,(H2,20,25)(H,23,26). The highest BCUT2D eigenvalue weighted by molar-refractivity contribution is 5.99. The van der Waals surface area contributed by atoms with Gasteiger partial charge in [0.1, 0.15) is 17.7 Å². The Kier molecular flexibility index (Phi) is 4.36. The van der Waals surface area contributed by atoms with E-state index in [0.29, 0.717) is 23.7 Å². The van der Waals surface area contributed by atoms with Crippen LogP contribution < -0.4 is 16.8 Å². The molecule has 1 fully saturated rings. The van der Waals surface area contributed by atoms with Crippen molar-refractivity contribution in [1.29, 1.82) is 0 Å². The number of aromatic nitrogens is 3. The summed E-state index contributed by atoms with van der Waals surface area (Å²) in [5, 5.41) is 3.06. The number of hydrogen-bond donors (Lipinski definition) is 3. The van der Waals surface area contributed by atoms with E-state index in [1.54, 1.807) is 18.2 Å². The molecule has 1 aliphatic carbocycles. The Morgan fingerprint density at radius 2 is 2.22 bits per heavy atom. The van der Waals surface area contributed by atoms with Crippen molar-refractivity contribution >= 4 is 17.5 Å². The number of furan rings is 1. The molecule has 3 aromatic rings. The molecule has 0 bridgehead atoms. The van der Waals surface area contributed by atoms with Gasteiger partial charge in [-0.3, -0.25) is 14.0 Å². The van der Waals surface area contributed by atoms with Crippen molar-refractivity contribution in [2.75, 3.05) is 6.54 Å². The molecular formula is C18H20N6O3. The lowest BCUT2D eigenvalue weighted by atomic mass is 10.0. The molecule has 1 aliphatic rings. The Morgan fingerprint density at radius 1 is 1.37 bits per heavy atom. The van der Waals surface area contributed by atoms with E-state index in [2.05, 4.69) is 15.3 Å². The third kappa shape index (κ3) is 3.06. The number of fused-ring (bicyclic) bond motifs is 1. The molecular weight excluding hydrogens is 348 g/mol. The molecule has 3 heterocycles. The molecule has 27 heavy (non-hydrogen) atoms. The molecule has 2 amide bonds. The zero-order chi connectivity index (χ0) is 19.0. The molecule has 0 aliphatic heterocycles. The molecule has 3 aromatic heterocycles. The van der Waals surface area contributed by atoms with Gasteiger partial charge in [-0.25, -0.2) is 9.97 Å². The van der Waals surface area contributed by atoms with Gasteiger partial charge >= 0.3 is 0 Å². The Bertz CT molecular complexity index is 994. The first kappa shape index (κ1) is 17.2. The van der Waals surface area contributed by atoms with Gasteiger partial charge in [0, 0.05) is 6.04 Å². The molecule has 5 N–H and O–H groups in total. The second-order valence-corrected chi connectivity index (χ2v) is 6.66. The molecule has 1 saturated carbocycles. The molecule has 2 unspecified atom stereocenters. The van der Waals surface area contributed by atoms with Crippen LogP contribution in [0.25, 0.3) is 17.1 Å². The van der Waals surface area contributed by atoms with Crippen LogP contribution in [0.1, 0.15) is 40.2 Å². The highest BCUT2D eigenvalue weighted by Crippen LogP contribution is 2.26. The van der Waals surface area contributed by atoms with Crippen LogP contribution in [-0.2, 0) is 0 Å². The van der Waals surface area contributed by atoms with Crippen LogP contribution in [0, 0.1) is 5.92 Å². The number of nitrogens with two attached hydrogens (primary N) is 2. The fourth-order valence-corrected chi connectivity index (χ4v) is 3.62. The number of hydrogen-bond acceptors (Lipinski definition) is 6. The summed E-state index contributed by atoms with van der Waals surface area (Å²) >= 11 is 0. The van der Waals surface area contributed by atoms with Crippen molar-refractivity contribution in [3.05, 3.63) is 42.2 Å². The molecule has 0 saturated heterocycles. The SMILES string of the molecule is NCC1CCCC1NC(=O)c1cc(-c2ccco2)nc2c(C(N)=O)ncn12. The van der Waals surface area contributed by atoms with E-state index >= 15 is 0 Å². The summed E-state index contributed by atoms with van der Waals surface area (Å²) in [5.74, 6) is -0.260. The second-order valence-electron chi connectivity index (χ2n) is 6.66. The van der Waals surface area contributed by atoms with Crippen molar-refractivity contribution < 1.29 is 14.0 Å². The lowest BCUT2D eigenvalue weighted by molar-refractivity contribution is 0.0921. The van der Waals surface area contributed by atoms with E-state index < -0.39 is 5.91 Å². The van der Waals surface area contributed by atoms with Crippen molar-refractivity contribution in [2.24, 2.45) is 17.4 Å². The summed E-state index contributed by atoms with van der Waals surface area (Å²) < 4.78 is 6.86. The molecule has 2 atom stereocenters. The third-order valence-corrected chi connectivity index (χ3v) is 5.02. The first-order valence-electron chi connectivity index (χ1n) is 8.81. The van der Waals surface area contributed by atoms with Gasteiger partial charge < -0.3 is 21.2 Å². The Morgan fingerprint density at radius 3 is 2.93 bits per heavy atom. The molecule has 9 heteroatoms. The topological polar surface area (TPSA) is 142 Å². The van der Waals surface area contributed by atoms with E-state index in [1.165, 1.54) is 17.0 Å². The Labute approximate surface area is 154 Å². The predicted octanol–water partition coefficient (Wildman–Crippen LogP) is 0.945. The summed E-state index contributed by atoms with van der Waals surface area (Å²) in [5.41, 5.74) is 12.1. The lowest BCUT2D eigenvalue weighted by Gasteiger charge is -2.20. The highest BCUT2D eigenvalue weighted by Gasteiger charge is 2.29. The minimum Gasteiger partial charge on any atom is -0.463 e. The maximum atomic E-state index is 13.0. The Hall–Kier alpha value is -3.20. The van der Waals surface area contributed by atoms with Crippen LogP contribution in [0.5, 0.6) is 0 Å². The monoisotopic (exact) mass is 368 g/mol. The minimum absolute atomic E-state index is 0.00171. The van der Waals surface area contributed by atoms with Crippen LogP contribution in [0.4, 0.5) is 0 Å². The molecule has 9 nitrogen and oxygen atoms in total. The fraction of sp³-hybridized carbons (Fsp3) is 0.333. The molecule has 0 aromatic carbocycles. The summed E-state index contributed by atoms with van der Waals surface area (Å²) in [4.78, 5) is 33.1. The summed E-state index contributed by atoms with van der Waals surface area (Å²) in [7, 11) is 0. The maximum Gasteiger partial charge on any atom is 0.271 e. The van der Waals surface area contributed by atoms with Crippen molar-refractivity contribution in [3.8, 4) is 11.5 Å². The van der Waals surface area contributed by atoms with E-state index in [9.17, 15) is 9.59 Å². The third-order valence-electron chi connectivity index (χ3n) is 5.02. The number of nitrogens with one attached hydrogen (secondary N) is 1. The summed E-state index contributed by atoms with van der Waals surface area (Å²) in [6, 6.07) is 5.08. The number of carbonyl (C=O) groups is 2. The minimum atomic E-state index is -0.716.